The van der Waals surface area contributed by atoms with Crippen molar-refractivity contribution in [3.63, 3.8) is 0 Å². The molecule has 0 amide bonds. The fourth-order valence-corrected chi connectivity index (χ4v) is 3.39. The van der Waals surface area contributed by atoms with E-state index in [2.05, 4.69) is 0 Å². The molecule has 14 heavy (non-hydrogen) atoms. The molecule has 2 unspecified atom stereocenters. The van der Waals surface area contributed by atoms with Crippen molar-refractivity contribution in [3.05, 3.63) is 22.4 Å². The second-order valence-electron chi connectivity index (χ2n) is 2.84. The summed E-state index contributed by atoms with van der Waals surface area (Å²) in [5.74, 6) is -0.620. The van der Waals surface area contributed by atoms with Gasteiger partial charge in [-0.15, -0.1) is 11.3 Å². The van der Waals surface area contributed by atoms with Gasteiger partial charge in [0.1, 0.15) is 5.25 Å². The largest absolute Gasteiger partial charge is 0.480 e. The lowest BCUT2D eigenvalue weighted by atomic mass is 10.3. The summed E-state index contributed by atoms with van der Waals surface area (Å²) in [5, 5.41) is 9.94. The Hall–Kier alpha value is -0.680. The highest BCUT2D eigenvalue weighted by Gasteiger charge is 2.22. The van der Waals surface area contributed by atoms with Crippen LogP contribution in [0.25, 0.3) is 0 Å². The van der Waals surface area contributed by atoms with Crippen LogP contribution in [0.4, 0.5) is 0 Å². The lowest BCUT2D eigenvalue weighted by Gasteiger charge is -2.08. The molecular formula is C9H12O3S2. The Labute approximate surface area is 89.2 Å². The lowest BCUT2D eigenvalue weighted by Crippen LogP contribution is -2.25. The minimum absolute atomic E-state index is 0.350. The second kappa shape index (κ2) is 5.26. The molecule has 1 heterocycles. The molecule has 0 saturated heterocycles. The summed E-state index contributed by atoms with van der Waals surface area (Å²) >= 11 is 1.50. The van der Waals surface area contributed by atoms with Crippen LogP contribution in [0.15, 0.2) is 17.5 Å². The summed E-state index contributed by atoms with van der Waals surface area (Å²) in [5.41, 5.74) is 0. The Morgan fingerprint density at radius 3 is 2.86 bits per heavy atom. The van der Waals surface area contributed by atoms with Gasteiger partial charge in [0.2, 0.25) is 0 Å². The summed E-state index contributed by atoms with van der Waals surface area (Å²) in [7, 11) is -1.31. The maximum absolute atomic E-state index is 11.6. The fourth-order valence-electron chi connectivity index (χ4n) is 1.11. The minimum atomic E-state index is -1.31. The highest BCUT2D eigenvalue weighted by atomic mass is 32.2. The standard InChI is InChI=1S/C9H12O3S2/c1-2-8(9(10)11)14(12)6-7-4-3-5-13-7/h3-5,8H,2,6H2,1H3,(H,10,11). The zero-order valence-electron chi connectivity index (χ0n) is 7.80. The molecule has 2 atom stereocenters. The molecule has 1 aromatic heterocycles. The predicted molar refractivity (Wildman–Crippen MR) is 57.9 cm³/mol. The molecule has 0 bridgehead atoms. The normalized spacial score (nSPS) is 14.9. The molecule has 0 aliphatic carbocycles. The van der Waals surface area contributed by atoms with Gasteiger partial charge >= 0.3 is 5.97 Å². The van der Waals surface area contributed by atoms with Crippen molar-refractivity contribution in [1.29, 1.82) is 0 Å². The van der Waals surface area contributed by atoms with Crippen molar-refractivity contribution < 1.29 is 14.1 Å². The van der Waals surface area contributed by atoms with Crippen LogP contribution in [0.2, 0.25) is 0 Å². The van der Waals surface area contributed by atoms with Crippen LogP contribution < -0.4 is 0 Å². The van der Waals surface area contributed by atoms with Gasteiger partial charge in [-0.2, -0.15) is 0 Å². The first kappa shape index (κ1) is 11.4. The number of hydrogen-bond donors (Lipinski definition) is 1. The molecule has 0 fully saturated rings. The third-order valence-corrected chi connectivity index (χ3v) is 4.65. The van der Waals surface area contributed by atoms with Crippen molar-refractivity contribution in [2.75, 3.05) is 0 Å². The van der Waals surface area contributed by atoms with E-state index in [1.54, 1.807) is 6.92 Å². The van der Waals surface area contributed by atoms with Crippen molar-refractivity contribution in [3.8, 4) is 0 Å². The maximum Gasteiger partial charge on any atom is 0.319 e. The van der Waals surface area contributed by atoms with Gasteiger partial charge < -0.3 is 5.11 Å². The molecule has 3 nitrogen and oxygen atoms in total. The number of aliphatic carboxylic acids is 1. The molecule has 5 heteroatoms. The van der Waals surface area contributed by atoms with Crippen LogP contribution in [-0.2, 0) is 21.3 Å². The maximum atomic E-state index is 11.6. The van der Waals surface area contributed by atoms with Crippen LogP contribution in [-0.4, -0.2) is 20.5 Å². The number of carbonyl (C=O) groups is 1. The number of carboxylic acids is 1. The second-order valence-corrected chi connectivity index (χ2v) is 5.49. The van der Waals surface area contributed by atoms with Crippen LogP contribution >= 0.6 is 11.3 Å². The third-order valence-electron chi connectivity index (χ3n) is 1.83. The van der Waals surface area contributed by atoms with Gasteiger partial charge in [0, 0.05) is 15.7 Å². The Morgan fingerprint density at radius 1 is 1.71 bits per heavy atom. The average Bonchev–Trinajstić information content (AvgIpc) is 2.57. The molecule has 78 valence electrons. The van der Waals surface area contributed by atoms with E-state index >= 15 is 0 Å². The number of hydrogen-bond acceptors (Lipinski definition) is 3. The number of thiophene rings is 1. The van der Waals surface area contributed by atoms with Gasteiger partial charge in [0.25, 0.3) is 0 Å². The van der Waals surface area contributed by atoms with E-state index in [9.17, 15) is 9.00 Å². The van der Waals surface area contributed by atoms with Crippen molar-refractivity contribution in [2.45, 2.75) is 24.3 Å². The van der Waals surface area contributed by atoms with E-state index in [1.807, 2.05) is 17.5 Å². The third kappa shape index (κ3) is 2.92. The molecule has 1 N–H and O–H groups in total. The monoisotopic (exact) mass is 232 g/mol. The molecular weight excluding hydrogens is 220 g/mol. The van der Waals surface area contributed by atoms with E-state index in [0.717, 1.165) is 4.88 Å². The highest BCUT2D eigenvalue weighted by molar-refractivity contribution is 7.85. The zero-order valence-corrected chi connectivity index (χ0v) is 9.44. The first-order chi connectivity index (χ1) is 6.65. The van der Waals surface area contributed by atoms with Crippen molar-refractivity contribution >= 4 is 28.1 Å². The summed E-state index contributed by atoms with van der Waals surface area (Å²) in [6, 6.07) is 3.75. The minimum Gasteiger partial charge on any atom is -0.480 e. The fraction of sp³-hybridized carbons (Fsp3) is 0.444. The Balaban J connectivity index is 2.61. The first-order valence-electron chi connectivity index (χ1n) is 4.27. The van der Waals surface area contributed by atoms with Gasteiger partial charge in [0.05, 0.1) is 5.75 Å². The molecule has 0 aromatic carbocycles. The smallest absolute Gasteiger partial charge is 0.319 e. The van der Waals surface area contributed by atoms with Crippen LogP contribution in [0.5, 0.6) is 0 Å². The quantitative estimate of drug-likeness (QED) is 0.843. The number of rotatable bonds is 5. The molecule has 0 aliphatic rings. The summed E-state index contributed by atoms with van der Waals surface area (Å²) < 4.78 is 11.6. The molecule has 0 saturated carbocycles. The van der Waals surface area contributed by atoms with E-state index in [-0.39, 0.29) is 0 Å². The highest BCUT2D eigenvalue weighted by Crippen LogP contribution is 2.14. The lowest BCUT2D eigenvalue weighted by molar-refractivity contribution is -0.136. The first-order valence-corrected chi connectivity index (χ1v) is 6.53. The molecule has 0 radical (unpaired) electrons. The van der Waals surface area contributed by atoms with Crippen LogP contribution in [0.1, 0.15) is 18.2 Å². The van der Waals surface area contributed by atoms with Crippen molar-refractivity contribution in [1.82, 2.24) is 0 Å². The topological polar surface area (TPSA) is 54.4 Å². The van der Waals surface area contributed by atoms with Gasteiger partial charge in [-0.05, 0) is 17.9 Å². The summed E-state index contributed by atoms with van der Waals surface area (Å²) in [6.07, 6.45) is 0.410. The van der Waals surface area contributed by atoms with Crippen LogP contribution in [0, 0.1) is 0 Å². The average molecular weight is 232 g/mol. The molecule has 0 aliphatic heterocycles. The predicted octanol–water partition coefficient (Wildman–Crippen LogP) is 1.86. The summed E-state index contributed by atoms with van der Waals surface area (Å²) in [6.45, 7) is 1.74. The Morgan fingerprint density at radius 2 is 2.43 bits per heavy atom. The zero-order chi connectivity index (χ0) is 10.6. The molecule has 1 rings (SSSR count). The van der Waals surface area contributed by atoms with Crippen LogP contribution in [0.3, 0.4) is 0 Å². The van der Waals surface area contributed by atoms with E-state index in [1.165, 1.54) is 11.3 Å². The van der Waals surface area contributed by atoms with E-state index in [4.69, 9.17) is 5.11 Å². The molecule has 0 spiro atoms. The van der Waals surface area contributed by atoms with E-state index < -0.39 is 22.0 Å². The van der Waals surface area contributed by atoms with Gasteiger partial charge in [0.15, 0.2) is 0 Å². The van der Waals surface area contributed by atoms with Gasteiger partial charge in [-0.1, -0.05) is 13.0 Å². The Kier molecular flexibility index (Phi) is 4.28. The number of carboxylic acid groups (broad SMARTS) is 1. The van der Waals surface area contributed by atoms with E-state index in [0.29, 0.717) is 12.2 Å². The Bertz CT molecular complexity index is 319. The van der Waals surface area contributed by atoms with Gasteiger partial charge in [-0.3, -0.25) is 9.00 Å². The van der Waals surface area contributed by atoms with Gasteiger partial charge in [-0.25, -0.2) is 0 Å². The SMILES string of the molecule is CCC(C(=O)O)S(=O)Cc1cccs1. The molecule has 1 aromatic rings. The summed E-state index contributed by atoms with van der Waals surface area (Å²) in [4.78, 5) is 11.7. The van der Waals surface area contributed by atoms with Crippen molar-refractivity contribution in [2.24, 2.45) is 0 Å².